The number of imidazole rings is 1. The summed E-state index contributed by atoms with van der Waals surface area (Å²) in [6, 6.07) is 9.44. The first kappa shape index (κ1) is 28.4. The third-order valence-electron chi connectivity index (χ3n) is 7.71. The molecule has 2 aliphatic rings. The predicted molar refractivity (Wildman–Crippen MR) is 150 cm³/mol. The number of rotatable bonds is 10. The highest BCUT2D eigenvalue weighted by molar-refractivity contribution is 7.91. The second-order valence-corrected chi connectivity index (χ2v) is 13.0. The van der Waals surface area contributed by atoms with Crippen LogP contribution in [0.25, 0.3) is 5.69 Å². The molecule has 3 atom stereocenters. The quantitative estimate of drug-likeness (QED) is 0.343. The van der Waals surface area contributed by atoms with Crippen molar-refractivity contribution < 1.29 is 22.0 Å². The van der Waals surface area contributed by atoms with E-state index >= 15 is 0 Å². The maximum Gasteiger partial charge on any atom is 0.242 e. The number of hydrogen-bond acceptors (Lipinski definition) is 6. The zero-order valence-corrected chi connectivity index (χ0v) is 23.3. The van der Waals surface area contributed by atoms with Crippen LogP contribution in [0, 0.1) is 11.6 Å². The summed E-state index contributed by atoms with van der Waals surface area (Å²) in [6.45, 7) is 2.51. The van der Waals surface area contributed by atoms with Crippen LogP contribution in [-0.4, -0.2) is 53.5 Å². The largest absolute Gasteiger partial charge is 0.309 e. The molecule has 1 amide bonds. The number of para-hydroxylation sites is 1. The molecular weight excluding hydrogens is 536 g/mol. The molecule has 11 heteroatoms. The fourth-order valence-corrected chi connectivity index (χ4v) is 7.36. The van der Waals surface area contributed by atoms with Crippen LogP contribution in [0.2, 0.25) is 0 Å². The molecule has 1 fully saturated rings. The lowest BCUT2D eigenvalue weighted by Crippen LogP contribution is -2.48. The molecule has 2 aromatic carbocycles. The number of nitrogens with zero attached hydrogens (tertiary/aromatic N) is 2. The zero-order chi connectivity index (χ0) is 28.3. The van der Waals surface area contributed by atoms with Crippen LogP contribution in [-0.2, 0) is 34.0 Å². The lowest BCUT2D eigenvalue weighted by molar-refractivity contribution is -0.118. The summed E-state index contributed by atoms with van der Waals surface area (Å²) in [4.78, 5) is 17.6. The van der Waals surface area contributed by atoms with Crippen molar-refractivity contribution in [3.05, 3.63) is 77.2 Å². The molecule has 0 spiro atoms. The molecular formula is C29H35F2N5O3S. The first-order valence-electron chi connectivity index (χ1n) is 13.8. The average Bonchev–Trinajstić information content (AvgIpc) is 3.53. The van der Waals surface area contributed by atoms with E-state index in [-0.39, 0.29) is 29.5 Å². The van der Waals surface area contributed by atoms with Gasteiger partial charge in [0.15, 0.2) is 15.7 Å². The number of hydrogen-bond donors (Lipinski definition) is 3. The molecule has 1 aliphatic heterocycles. The number of carbonyl (C=O) groups is 1. The molecule has 0 radical (unpaired) electrons. The Morgan fingerprint density at radius 2 is 2.00 bits per heavy atom. The Kier molecular flexibility index (Phi) is 8.62. The molecule has 3 N–H and O–H groups in total. The van der Waals surface area contributed by atoms with Crippen LogP contribution in [0.4, 0.5) is 14.6 Å². The van der Waals surface area contributed by atoms with Crippen LogP contribution < -0.4 is 16.0 Å². The van der Waals surface area contributed by atoms with Crippen molar-refractivity contribution in [2.75, 3.05) is 16.8 Å². The van der Waals surface area contributed by atoms with Crippen molar-refractivity contribution in [2.45, 2.75) is 70.1 Å². The van der Waals surface area contributed by atoms with E-state index < -0.39 is 27.5 Å². The molecule has 2 heterocycles. The molecule has 8 nitrogen and oxygen atoms in total. The SMILES string of the molecule is CCC[C@H](N[C@H]1CCc2cc(F)cc(F)c2C1)C(=O)Nc1cn(-c2ccccc2CNC2CCS(=O)(=O)C2)cn1. The monoisotopic (exact) mass is 571 g/mol. The lowest BCUT2D eigenvalue weighted by atomic mass is 9.87. The Morgan fingerprint density at radius 1 is 1.18 bits per heavy atom. The first-order chi connectivity index (χ1) is 19.2. The van der Waals surface area contributed by atoms with Crippen molar-refractivity contribution in [2.24, 2.45) is 0 Å². The minimum Gasteiger partial charge on any atom is -0.309 e. The maximum atomic E-state index is 14.4. The summed E-state index contributed by atoms with van der Waals surface area (Å²) in [5.74, 6) is -0.524. The molecule has 1 aliphatic carbocycles. The molecule has 1 aromatic heterocycles. The third-order valence-corrected chi connectivity index (χ3v) is 9.48. The van der Waals surface area contributed by atoms with Crippen molar-refractivity contribution in [3.63, 3.8) is 0 Å². The molecule has 3 aromatic rings. The Bertz CT molecular complexity index is 1480. The van der Waals surface area contributed by atoms with Crippen LogP contribution >= 0.6 is 0 Å². The van der Waals surface area contributed by atoms with E-state index in [1.165, 1.54) is 6.07 Å². The summed E-state index contributed by atoms with van der Waals surface area (Å²) >= 11 is 0. The number of halogens is 2. The van der Waals surface area contributed by atoms with Gasteiger partial charge in [0.05, 0.1) is 29.4 Å². The van der Waals surface area contributed by atoms with Gasteiger partial charge in [-0.15, -0.1) is 0 Å². The van der Waals surface area contributed by atoms with Gasteiger partial charge in [0.1, 0.15) is 18.0 Å². The number of aromatic nitrogens is 2. The van der Waals surface area contributed by atoms with E-state index in [9.17, 15) is 22.0 Å². The van der Waals surface area contributed by atoms with Gasteiger partial charge >= 0.3 is 0 Å². The van der Waals surface area contributed by atoms with E-state index in [0.29, 0.717) is 55.6 Å². The molecule has 214 valence electrons. The lowest BCUT2D eigenvalue weighted by Gasteiger charge is -2.29. The first-order valence-corrected chi connectivity index (χ1v) is 15.6. The fraction of sp³-hybridized carbons (Fsp3) is 0.448. The molecule has 0 saturated carbocycles. The number of benzene rings is 2. The Hall–Kier alpha value is -3.15. The van der Waals surface area contributed by atoms with Gasteiger partial charge in [-0.1, -0.05) is 31.5 Å². The number of nitrogens with one attached hydrogen (secondary N) is 3. The summed E-state index contributed by atoms with van der Waals surface area (Å²) in [6.07, 6.45) is 7.03. The van der Waals surface area contributed by atoms with E-state index in [0.717, 1.165) is 23.7 Å². The normalized spacial score (nSPS) is 20.7. The second kappa shape index (κ2) is 12.2. The zero-order valence-electron chi connectivity index (χ0n) is 22.5. The number of fused-ring (bicyclic) bond motifs is 1. The van der Waals surface area contributed by atoms with Crippen LogP contribution in [0.15, 0.2) is 48.9 Å². The predicted octanol–water partition coefficient (Wildman–Crippen LogP) is 3.68. The standard InChI is InChI=1S/C29H35F2N5O3S/c1-2-5-26(34-22-9-8-19-12-21(30)13-25(31)24(19)14-22)29(37)35-28-16-36(18-33-28)27-7-4-3-6-20(27)15-32-23-10-11-40(38,39)17-23/h3-4,6-7,12-13,16,18,22-23,26,32,34H,2,5,8-11,14-15,17H2,1H3,(H,35,37)/t22-,23?,26-/m0/s1. The molecule has 0 bridgehead atoms. The van der Waals surface area contributed by atoms with Gasteiger partial charge < -0.3 is 20.5 Å². The summed E-state index contributed by atoms with van der Waals surface area (Å²) in [5.41, 5.74) is 3.08. The van der Waals surface area contributed by atoms with Crippen LogP contribution in [0.1, 0.15) is 49.3 Å². The van der Waals surface area contributed by atoms with Gasteiger partial charge in [-0.05, 0) is 60.9 Å². The van der Waals surface area contributed by atoms with E-state index in [4.69, 9.17) is 0 Å². The van der Waals surface area contributed by atoms with Gasteiger partial charge in [-0.2, -0.15) is 0 Å². The highest BCUT2D eigenvalue weighted by atomic mass is 32.2. The van der Waals surface area contributed by atoms with Crippen molar-refractivity contribution in [1.82, 2.24) is 20.2 Å². The smallest absolute Gasteiger partial charge is 0.242 e. The highest BCUT2D eigenvalue weighted by Gasteiger charge is 2.28. The molecule has 1 unspecified atom stereocenters. The highest BCUT2D eigenvalue weighted by Crippen LogP contribution is 2.26. The average molecular weight is 572 g/mol. The van der Waals surface area contributed by atoms with Crippen molar-refractivity contribution >= 4 is 21.6 Å². The number of carbonyl (C=O) groups excluding carboxylic acids is 1. The number of amides is 1. The Morgan fingerprint density at radius 3 is 2.77 bits per heavy atom. The Balaban J connectivity index is 1.22. The van der Waals surface area contributed by atoms with Crippen molar-refractivity contribution in [1.29, 1.82) is 0 Å². The minimum absolute atomic E-state index is 0.0611. The third kappa shape index (κ3) is 6.76. The van der Waals surface area contributed by atoms with E-state index in [1.54, 1.807) is 12.5 Å². The molecule has 40 heavy (non-hydrogen) atoms. The maximum absolute atomic E-state index is 14.4. The summed E-state index contributed by atoms with van der Waals surface area (Å²) in [7, 11) is -2.96. The fourth-order valence-electron chi connectivity index (χ4n) is 5.65. The second-order valence-electron chi connectivity index (χ2n) is 10.7. The number of aryl methyl sites for hydroxylation is 1. The minimum atomic E-state index is -2.96. The summed E-state index contributed by atoms with van der Waals surface area (Å²) in [5, 5.41) is 9.66. The topological polar surface area (TPSA) is 105 Å². The Labute approximate surface area is 233 Å². The number of anilines is 1. The van der Waals surface area contributed by atoms with Gasteiger partial charge in [0.2, 0.25) is 5.91 Å². The van der Waals surface area contributed by atoms with Crippen molar-refractivity contribution in [3.8, 4) is 5.69 Å². The van der Waals surface area contributed by atoms with Gasteiger partial charge in [-0.3, -0.25) is 4.79 Å². The number of sulfone groups is 1. The van der Waals surface area contributed by atoms with Gasteiger partial charge in [-0.25, -0.2) is 22.2 Å². The van der Waals surface area contributed by atoms with Crippen LogP contribution in [0.5, 0.6) is 0 Å². The van der Waals surface area contributed by atoms with Crippen LogP contribution in [0.3, 0.4) is 0 Å². The van der Waals surface area contributed by atoms with Gasteiger partial charge in [0, 0.05) is 24.7 Å². The molecule has 5 rings (SSSR count). The summed E-state index contributed by atoms with van der Waals surface area (Å²) < 4.78 is 53.4. The van der Waals surface area contributed by atoms with Gasteiger partial charge in [0.25, 0.3) is 0 Å². The van der Waals surface area contributed by atoms with E-state index in [2.05, 4.69) is 20.9 Å². The molecule has 1 saturated heterocycles. The van der Waals surface area contributed by atoms with E-state index in [1.807, 2.05) is 35.8 Å².